The highest BCUT2D eigenvalue weighted by Gasteiger charge is 2.21. The van der Waals surface area contributed by atoms with E-state index in [4.69, 9.17) is 9.73 Å². The summed E-state index contributed by atoms with van der Waals surface area (Å²) in [5, 5.41) is 6.32. The average Bonchev–Trinajstić information content (AvgIpc) is 2.68. The Balaban J connectivity index is 1.72. The molecule has 0 bridgehead atoms. The average molecular weight is 361 g/mol. The number of aliphatic imine (C=N–C) groups is 1. The molecule has 0 unspecified atom stereocenters. The van der Waals surface area contributed by atoms with Crippen LogP contribution in [0, 0.1) is 0 Å². The number of carbonyl (C=O) groups excluding carboxylic acids is 1. The Morgan fingerprint density at radius 2 is 1.92 bits per heavy atom. The summed E-state index contributed by atoms with van der Waals surface area (Å²) in [7, 11) is 0. The van der Waals surface area contributed by atoms with Gasteiger partial charge >= 0.3 is 0 Å². The van der Waals surface area contributed by atoms with Crippen LogP contribution in [0.25, 0.3) is 0 Å². The van der Waals surface area contributed by atoms with Gasteiger partial charge in [0.25, 0.3) is 5.91 Å². The third kappa shape index (κ3) is 6.67. The molecular formula is C20H32N4O2. The van der Waals surface area contributed by atoms with Crippen molar-refractivity contribution in [2.24, 2.45) is 4.99 Å². The Kier molecular flexibility index (Phi) is 8.96. The third-order valence-corrected chi connectivity index (χ3v) is 4.40. The lowest BCUT2D eigenvalue weighted by Gasteiger charge is -2.34. The first-order valence-corrected chi connectivity index (χ1v) is 9.72. The zero-order valence-electron chi connectivity index (χ0n) is 16.0. The summed E-state index contributed by atoms with van der Waals surface area (Å²) in [6.07, 6.45) is 3.30. The second kappa shape index (κ2) is 11.5. The van der Waals surface area contributed by atoms with Crippen molar-refractivity contribution in [3.63, 3.8) is 0 Å². The number of benzene rings is 1. The van der Waals surface area contributed by atoms with Crippen LogP contribution in [0.4, 0.5) is 0 Å². The van der Waals surface area contributed by atoms with Gasteiger partial charge in [0.2, 0.25) is 0 Å². The number of carbonyl (C=O) groups is 1. The molecule has 2 rings (SSSR count). The summed E-state index contributed by atoms with van der Waals surface area (Å²) >= 11 is 0. The number of nitrogens with zero attached hydrogens (tertiary/aromatic N) is 2. The summed E-state index contributed by atoms with van der Waals surface area (Å²) in [4.78, 5) is 19.0. The zero-order valence-corrected chi connectivity index (χ0v) is 16.0. The SMILES string of the molecule is CCNC(=NCCCNC(=O)c1ccccc1)N1CCC(OCC)CC1. The first-order valence-electron chi connectivity index (χ1n) is 9.72. The van der Waals surface area contributed by atoms with Crippen molar-refractivity contribution < 1.29 is 9.53 Å². The molecule has 6 nitrogen and oxygen atoms in total. The number of guanidine groups is 1. The van der Waals surface area contributed by atoms with Gasteiger partial charge in [-0.2, -0.15) is 0 Å². The van der Waals surface area contributed by atoms with E-state index in [0.717, 1.165) is 51.5 Å². The van der Waals surface area contributed by atoms with E-state index in [-0.39, 0.29) is 5.91 Å². The Bertz CT molecular complexity index is 554. The largest absolute Gasteiger partial charge is 0.378 e. The first kappa shape index (κ1) is 20.2. The summed E-state index contributed by atoms with van der Waals surface area (Å²) in [5.41, 5.74) is 0.696. The number of hydrogen-bond acceptors (Lipinski definition) is 3. The molecule has 1 amide bonds. The highest BCUT2D eigenvalue weighted by Crippen LogP contribution is 2.13. The van der Waals surface area contributed by atoms with Gasteiger partial charge in [-0.25, -0.2) is 0 Å². The summed E-state index contributed by atoms with van der Waals surface area (Å²) in [5.74, 6) is 0.941. The van der Waals surface area contributed by atoms with E-state index in [2.05, 4.69) is 29.4 Å². The summed E-state index contributed by atoms with van der Waals surface area (Å²) in [6.45, 7) is 9.05. The molecule has 0 saturated carbocycles. The van der Waals surface area contributed by atoms with Crippen molar-refractivity contribution in [3.05, 3.63) is 35.9 Å². The molecule has 144 valence electrons. The molecule has 1 aliphatic rings. The zero-order chi connectivity index (χ0) is 18.6. The predicted octanol–water partition coefficient (Wildman–Crippen LogP) is 2.27. The van der Waals surface area contributed by atoms with Crippen LogP contribution < -0.4 is 10.6 Å². The lowest BCUT2D eigenvalue weighted by molar-refractivity contribution is 0.0264. The molecule has 1 saturated heterocycles. The maximum absolute atomic E-state index is 12.0. The molecule has 1 heterocycles. The van der Waals surface area contributed by atoms with Crippen molar-refractivity contribution in [1.29, 1.82) is 0 Å². The molecule has 2 N–H and O–H groups in total. The molecule has 0 aliphatic carbocycles. The van der Waals surface area contributed by atoms with Gasteiger partial charge in [-0.1, -0.05) is 18.2 Å². The molecule has 0 atom stereocenters. The second-order valence-electron chi connectivity index (χ2n) is 6.35. The van der Waals surface area contributed by atoms with E-state index < -0.39 is 0 Å². The normalized spacial score (nSPS) is 15.8. The number of piperidine rings is 1. The maximum Gasteiger partial charge on any atom is 0.251 e. The Morgan fingerprint density at radius 3 is 2.58 bits per heavy atom. The van der Waals surface area contributed by atoms with Crippen LogP contribution >= 0.6 is 0 Å². The van der Waals surface area contributed by atoms with Crippen LogP contribution in [0.5, 0.6) is 0 Å². The van der Waals surface area contributed by atoms with E-state index in [1.165, 1.54) is 0 Å². The van der Waals surface area contributed by atoms with Crippen molar-refractivity contribution >= 4 is 11.9 Å². The molecule has 1 aliphatic heterocycles. The number of nitrogens with one attached hydrogen (secondary N) is 2. The molecule has 0 radical (unpaired) electrons. The van der Waals surface area contributed by atoms with Gasteiger partial charge < -0.3 is 20.3 Å². The molecule has 0 aromatic heterocycles. The quantitative estimate of drug-likeness (QED) is 0.424. The van der Waals surface area contributed by atoms with Gasteiger partial charge in [-0.3, -0.25) is 9.79 Å². The molecule has 0 spiro atoms. The number of amides is 1. The molecular weight excluding hydrogens is 328 g/mol. The van der Waals surface area contributed by atoms with E-state index in [0.29, 0.717) is 24.8 Å². The topological polar surface area (TPSA) is 66.0 Å². The molecule has 1 aromatic rings. The maximum atomic E-state index is 12.0. The first-order chi connectivity index (χ1) is 12.7. The molecule has 1 fully saturated rings. The lowest BCUT2D eigenvalue weighted by Crippen LogP contribution is -2.47. The predicted molar refractivity (Wildman–Crippen MR) is 106 cm³/mol. The minimum absolute atomic E-state index is 0.0283. The fourth-order valence-corrected chi connectivity index (χ4v) is 3.05. The van der Waals surface area contributed by atoms with Crippen LogP contribution in [-0.4, -0.2) is 62.2 Å². The number of ether oxygens (including phenoxy) is 1. The minimum Gasteiger partial charge on any atom is -0.378 e. The van der Waals surface area contributed by atoms with Crippen LogP contribution in [-0.2, 0) is 4.74 Å². The molecule has 6 heteroatoms. The van der Waals surface area contributed by atoms with Gasteiger partial charge in [0.05, 0.1) is 6.10 Å². The van der Waals surface area contributed by atoms with Gasteiger partial charge in [0.1, 0.15) is 0 Å². The third-order valence-electron chi connectivity index (χ3n) is 4.40. The number of rotatable bonds is 8. The Hall–Kier alpha value is -2.08. The second-order valence-corrected chi connectivity index (χ2v) is 6.35. The number of likely N-dealkylation sites (tertiary alicyclic amines) is 1. The standard InChI is InChI=1S/C20H32N4O2/c1-3-21-20(24-15-11-18(12-16-24)26-4-2)23-14-8-13-22-19(25)17-9-6-5-7-10-17/h5-7,9-10,18H,3-4,8,11-16H2,1-2H3,(H,21,23)(H,22,25). The van der Waals surface area contributed by atoms with Crippen molar-refractivity contribution in [2.45, 2.75) is 39.2 Å². The fourth-order valence-electron chi connectivity index (χ4n) is 3.05. The van der Waals surface area contributed by atoms with E-state index >= 15 is 0 Å². The van der Waals surface area contributed by atoms with Gasteiger partial charge in [0.15, 0.2) is 5.96 Å². The monoisotopic (exact) mass is 360 g/mol. The molecule has 1 aromatic carbocycles. The highest BCUT2D eigenvalue weighted by atomic mass is 16.5. The van der Waals surface area contributed by atoms with Crippen molar-refractivity contribution in [2.75, 3.05) is 39.3 Å². The lowest BCUT2D eigenvalue weighted by atomic mass is 10.1. The van der Waals surface area contributed by atoms with Crippen molar-refractivity contribution in [1.82, 2.24) is 15.5 Å². The highest BCUT2D eigenvalue weighted by molar-refractivity contribution is 5.94. The van der Waals surface area contributed by atoms with E-state index in [1.54, 1.807) is 0 Å². The minimum atomic E-state index is -0.0283. The fraction of sp³-hybridized carbons (Fsp3) is 0.600. The van der Waals surface area contributed by atoms with Gasteiger partial charge in [-0.15, -0.1) is 0 Å². The van der Waals surface area contributed by atoms with E-state index in [1.807, 2.05) is 30.3 Å². The summed E-state index contributed by atoms with van der Waals surface area (Å²) in [6, 6.07) is 9.30. The smallest absolute Gasteiger partial charge is 0.251 e. The van der Waals surface area contributed by atoms with Gasteiger partial charge in [-0.05, 0) is 45.2 Å². The molecule has 26 heavy (non-hydrogen) atoms. The van der Waals surface area contributed by atoms with Crippen LogP contribution in [0.2, 0.25) is 0 Å². The number of hydrogen-bond donors (Lipinski definition) is 2. The van der Waals surface area contributed by atoms with Gasteiger partial charge in [0, 0.05) is 44.9 Å². The van der Waals surface area contributed by atoms with Crippen LogP contribution in [0.15, 0.2) is 35.3 Å². The van der Waals surface area contributed by atoms with E-state index in [9.17, 15) is 4.79 Å². The van der Waals surface area contributed by atoms with Crippen LogP contribution in [0.1, 0.15) is 43.5 Å². The van der Waals surface area contributed by atoms with Crippen LogP contribution in [0.3, 0.4) is 0 Å². The Morgan fingerprint density at radius 1 is 1.19 bits per heavy atom. The van der Waals surface area contributed by atoms with Crippen molar-refractivity contribution in [3.8, 4) is 0 Å². The summed E-state index contributed by atoms with van der Waals surface area (Å²) < 4.78 is 5.72. The Labute approximate surface area is 157 Å².